The summed E-state index contributed by atoms with van der Waals surface area (Å²) in [5, 5.41) is 4.16. The second-order valence-electron chi connectivity index (χ2n) is 3.61. The highest BCUT2D eigenvalue weighted by Gasteiger charge is 2.16. The van der Waals surface area contributed by atoms with Gasteiger partial charge >= 0.3 is 5.97 Å². The lowest BCUT2D eigenvalue weighted by atomic mass is 10.2. The Bertz CT molecular complexity index is 563. The van der Waals surface area contributed by atoms with Crippen LogP contribution < -0.4 is 0 Å². The number of carbonyl (C=O) groups is 1. The Morgan fingerprint density at radius 2 is 2.22 bits per heavy atom. The van der Waals surface area contributed by atoms with Crippen LogP contribution >= 0.6 is 15.9 Å². The third-order valence-corrected chi connectivity index (χ3v) is 2.90. The van der Waals surface area contributed by atoms with E-state index in [-0.39, 0.29) is 5.97 Å². The summed E-state index contributed by atoms with van der Waals surface area (Å²) < 4.78 is 7.46. The normalized spacial score (nSPS) is 10.4. The van der Waals surface area contributed by atoms with Crippen molar-refractivity contribution < 1.29 is 9.53 Å². The molecule has 0 spiro atoms. The molecule has 2 aromatic heterocycles. The molecule has 0 amide bonds. The number of pyridine rings is 1. The molecule has 0 saturated heterocycles. The summed E-state index contributed by atoms with van der Waals surface area (Å²) >= 11 is 3.32. The smallest absolute Gasteiger partial charge is 0.341 e. The molecule has 0 bridgehead atoms. The third-order valence-electron chi connectivity index (χ3n) is 2.43. The lowest BCUT2D eigenvalue weighted by molar-refractivity contribution is 0.0525. The molecule has 2 heterocycles. The summed E-state index contributed by atoms with van der Waals surface area (Å²) in [5.41, 5.74) is 1.17. The van der Waals surface area contributed by atoms with Crippen LogP contribution in [0.2, 0.25) is 0 Å². The van der Waals surface area contributed by atoms with Gasteiger partial charge in [0.15, 0.2) is 5.82 Å². The minimum absolute atomic E-state index is 0.347. The third kappa shape index (κ3) is 2.43. The van der Waals surface area contributed by atoms with Crippen LogP contribution in [0.3, 0.4) is 0 Å². The number of hydrogen-bond donors (Lipinski definition) is 0. The van der Waals surface area contributed by atoms with E-state index in [2.05, 4.69) is 26.0 Å². The van der Waals surface area contributed by atoms with E-state index in [1.165, 1.54) is 6.20 Å². The van der Waals surface area contributed by atoms with Crippen LogP contribution in [0.1, 0.15) is 23.0 Å². The first kappa shape index (κ1) is 12.8. The van der Waals surface area contributed by atoms with Gasteiger partial charge in [0, 0.05) is 10.7 Å². The fraction of sp³-hybridized carbons (Fsp3) is 0.250. The van der Waals surface area contributed by atoms with Gasteiger partial charge in [0.25, 0.3) is 0 Å². The van der Waals surface area contributed by atoms with Crippen LogP contribution in [0.4, 0.5) is 0 Å². The monoisotopic (exact) mass is 309 g/mol. The number of nitrogens with zero attached hydrogens (tertiary/aromatic N) is 3. The zero-order valence-corrected chi connectivity index (χ0v) is 11.6. The minimum atomic E-state index is -0.363. The summed E-state index contributed by atoms with van der Waals surface area (Å²) in [4.78, 5) is 15.9. The van der Waals surface area contributed by atoms with Gasteiger partial charge in [-0.05, 0) is 41.9 Å². The summed E-state index contributed by atoms with van der Waals surface area (Å²) in [5.74, 6) is 0.296. The maximum Gasteiger partial charge on any atom is 0.341 e. The fourth-order valence-electron chi connectivity index (χ4n) is 1.54. The van der Waals surface area contributed by atoms with Gasteiger partial charge < -0.3 is 4.74 Å². The van der Waals surface area contributed by atoms with E-state index in [0.717, 1.165) is 4.47 Å². The van der Waals surface area contributed by atoms with Crippen LogP contribution in [0.25, 0.3) is 5.82 Å². The molecule has 18 heavy (non-hydrogen) atoms. The van der Waals surface area contributed by atoms with Crippen LogP contribution in [0, 0.1) is 6.92 Å². The average molecular weight is 310 g/mol. The van der Waals surface area contributed by atoms with Crippen LogP contribution in [0.15, 0.2) is 29.0 Å². The number of rotatable bonds is 3. The van der Waals surface area contributed by atoms with E-state index < -0.39 is 0 Å². The van der Waals surface area contributed by atoms with Crippen molar-refractivity contribution in [1.29, 1.82) is 0 Å². The molecule has 0 unspecified atom stereocenters. The molecule has 0 radical (unpaired) electrons. The van der Waals surface area contributed by atoms with E-state index in [1.807, 2.05) is 19.1 Å². The molecule has 0 aromatic carbocycles. The van der Waals surface area contributed by atoms with Gasteiger partial charge in [-0.2, -0.15) is 5.10 Å². The largest absolute Gasteiger partial charge is 0.462 e. The molecule has 5 nitrogen and oxygen atoms in total. The molecule has 6 heteroatoms. The summed E-state index contributed by atoms with van der Waals surface area (Å²) in [6.45, 7) is 3.93. The van der Waals surface area contributed by atoms with Crippen LogP contribution in [-0.4, -0.2) is 27.3 Å². The average Bonchev–Trinajstić information content (AvgIpc) is 2.73. The Morgan fingerprint density at radius 1 is 1.44 bits per heavy atom. The summed E-state index contributed by atoms with van der Waals surface area (Å²) in [7, 11) is 0. The van der Waals surface area contributed by atoms with Crippen molar-refractivity contribution in [3.05, 3.63) is 40.3 Å². The lowest BCUT2D eigenvalue weighted by Crippen LogP contribution is -2.07. The van der Waals surface area contributed by atoms with Crippen molar-refractivity contribution in [3.8, 4) is 5.82 Å². The Morgan fingerprint density at radius 3 is 2.83 bits per heavy atom. The van der Waals surface area contributed by atoms with Crippen LogP contribution in [0.5, 0.6) is 0 Å². The molecular formula is C12H12BrN3O2. The minimum Gasteiger partial charge on any atom is -0.462 e. The Hall–Kier alpha value is -1.69. The number of esters is 1. The van der Waals surface area contributed by atoms with Gasteiger partial charge in [-0.3, -0.25) is 0 Å². The predicted molar refractivity (Wildman–Crippen MR) is 69.8 cm³/mol. The SMILES string of the molecule is CCOC(=O)c1cnn(-c2ccc(Br)cn2)c1C. The van der Waals surface area contributed by atoms with Crippen molar-refractivity contribution in [3.63, 3.8) is 0 Å². The molecule has 0 aliphatic rings. The number of aromatic nitrogens is 3. The van der Waals surface area contributed by atoms with Crippen molar-refractivity contribution in [2.75, 3.05) is 6.61 Å². The molecule has 0 atom stereocenters. The van der Waals surface area contributed by atoms with Crippen molar-refractivity contribution >= 4 is 21.9 Å². The number of hydrogen-bond acceptors (Lipinski definition) is 4. The van der Waals surface area contributed by atoms with E-state index >= 15 is 0 Å². The molecular weight excluding hydrogens is 298 g/mol. The first-order valence-corrected chi connectivity index (χ1v) is 6.26. The van der Waals surface area contributed by atoms with Crippen molar-refractivity contribution in [1.82, 2.24) is 14.8 Å². The summed E-state index contributed by atoms with van der Waals surface area (Å²) in [6, 6.07) is 3.69. The number of halogens is 1. The van der Waals surface area contributed by atoms with Gasteiger partial charge in [0.1, 0.15) is 5.56 Å². The highest BCUT2D eigenvalue weighted by Crippen LogP contribution is 2.15. The molecule has 0 aliphatic carbocycles. The zero-order chi connectivity index (χ0) is 13.1. The molecule has 0 fully saturated rings. The first-order chi connectivity index (χ1) is 8.63. The topological polar surface area (TPSA) is 57.0 Å². The van der Waals surface area contributed by atoms with Crippen molar-refractivity contribution in [2.45, 2.75) is 13.8 Å². The number of carbonyl (C=O) groups excluding carboxylic acids is 1. The maximum atomic E-state index is 11.7. The molecule has 94 valence electrons. The molecule has 2 aromatic rings. The van der Waals surface area contributed by atoms with Crippen LogP contribution in [-0.2, 0) is 4.74 Å². The highest BCUT2D eigenvalue weighted by atomic mass is 79.9. The second-order valence-corrected chi connectivity index (χ2v) is 4.53. The van der Waals surface area contributed by atoms with Gasteiger partial charge in [-0.25, -0.2) is 14.5 Å². The highest BCUT2D eigenvalue weighted by molar-refractivity contribution is 9.10. The Labute approximate surface area is 113 Å². The molecule has 0 aliphatic heterocycles. The standard InChI is InChI=1S/C12H12BrN3O2/c1-3-18-12(17)10-7-15-16(8(10)2)11-5-4-9(13)6-14-11/h4-7H,3H2,1-2H3. The van der Waals surface area contributed by atoms with E-state index in [0.29, 0.717) is 23.7 Å². The molecule has 2 rings (SSSR count). The van der Waals surface area contributed by atoms with Gasteiger partial charge in [0.05, 0.1) is 18.5 Å². The predicted octanol–water partition coefficient (Wildman–Crippen LogP) is 2.51. The Kier molecular flexibility index (Phi) is 3.76. The van der Waals surface area contributed by atoms with E-state index in [1.54, 1.807) is 17.8 Å². The van der Waals surface area contributed by atoms with Gasteiger partial charge in [-0.15, -0.1) is 0 Å². The Balaban J connectivity index is 2.36. The first-order valence-electron chi connectivity index (χ1n) is 5.47. The van der Waals surface area contributed by atoms with E-state index in [9.17, 15) is 4.79 Å². The summed E-state index contributed by atoms with van der Waals surface area (Å²) in [6.07, 6.45) is 3.18. The molecule has 0 N–H and O–H groups in total. The molecule has 0 saturated carbocycles. The second kappa shape index (κ2) is 5.30. The van der Waals surface area contributed by atoms with Crippen molar-refractivity contribution in [2.24, 2.45) is 0 Å². The lowest BCUT2D eigenvalue weighted by Gasteiger charge is -2.04. The fourth-order valence-corrected chi connectivity index (χ4v) is 1.78. The zero-order valence-electron chi connectivity index (χ0n) is 10.1. The quantitative estimate of drug-likeness (QED) is 0.817. The van der Waals surface area contributed by atoms with Gasteiger partial charge in [-0.1, -0.05) is 0 Å². The number of ether oxygens (including phenoxy) is 1. The van der Waals surface area contributed by atoms with Gasteiger partial charge in [0.2, 0.25) is 0 Å². The maximum absolute atomic E-state index is 11.7. The van der Waals surface area contributed by atoms with E-state index in [4.69, 9.17) is 4.74 Å².